The molecule has 2 aliphatic rings. The Hall–Kier alpha value is -2.60. The minimum absolute atomic E-state index is 0.453. The van der Waals surface area contributed by atoms with E-state index in [1.807, 2.05) is 47.1 Å². The average Bonchev–Trinajstić information content (AvgIpc) is 3.14. The van der Waals surface area contributed by atoms with E-state index in [0.29, 0.717) is 11.5 Å². The molecule has 0 aromatic carbocycles. The number of hydrogen-bond donors (Lipinski definition) is 2. The van der Waals surface area contributed by atoms with Crippen LogP contribution in [0.3, 0.4) is 0 Å². The number of fused-ring (bicyclic) bond motifs is 1. The lowest BCUT2D eigenvalue weighted by molar-refractivity contribution is 0.412. The summed E-state index contributed by atoms with van der Waals surface area (Å²) in [4.78, 5) is 9.31. The Balaban J connectivity index is 1.48. The third-order valence-electron chi connectivity index (χ3n) is 5.50. The average molecular weight is 335 g/mol. The van der Waals surface area contributed by atoms with Crippen LogP contribution in [0.2, 0.25) is 0 Å². The number of aromatic nitrogens is 3. The van der Waals surface area contributed by atoms with Crippen molar-refractivity contribution in [3.63, 3.8) is 0 Å². The van der Waals surface area contributed by atoms with E-state index in [-0.39, 0.29) is 0 Å². The molecule has 128 valence electrons. The molecule has 2 fully saturated rings. The Morgan fingerprint density at radius 1 is 1.28 bits per heavy atom. The Labute approximate surface area is 146 Å². The SMILES string of the molecule is COc1ccc2ncc(-c3cccc(N[C@H]4CNCC45CC5)n3)n2c1. The van der Waals surface area contributed by atoms with Crippen LogP contribution in [0.4, 0.5) is 5.82 Å². The van der Waals surface area contributed by atoms with E-state index >= 15 is 0 Å². The summed E-state index contributed by atoms with van der Waals surface area (Å²) in [6.07, 6.45) is 6.43. The first kappa shape index (κ1) is 14.7. The minimum atomic E-state index is 0.453. The van der Waals surface area contributed by atoms with Gasteiger partial charge in [0.2, 0.25) is 0 Å². The summed E-state index contributed by atoms with van der Waals surface area (Å²) >= 11 is 0. The Bertz CT molecular complexity index is 930. The first-order valence-electron chi connectivity index (χ1n) is 8.73. The highest BCUT2D eigenvalue weighted by Gasteiger charge is 2.52. The number of anilines is 1. The van der Waals surface area contributed by atoms with Crippen molar-refractivity contribution in [2.75, 3.05) is 25.5 Å². The highest BCUT2D eigenvalue weighted by molar-refractivity contribution is 5.62. The molecule has 6 nitrogen and oxygen atoms in total. The summed E-state index contributed by atoms with van der Waals surface area (Å²) in [7, 11) is 1.67. The predicted molar refractivity (Wildman–Crippen MR) is 96.9 cm³/mol. The van der Waals surface area contributed by atoms with E-state index in [1.54, 1.807) is 7.11 Å². The second-order valence-electron chi connectivity index (χ2n) is 7.04. The molecule has 0 radical (unpaired) electrons. The third-order valence-corrected chi connectivity index (χ3v) is 5.50. The maximum absolute atomic E-state index is 5.34. The van der Waals surface area contributed by atoms with E-state index in [9.17, 15) is 0 Å². The second kappa shape index (κ2) is 5.46. The van der Waals surface area contributed by atoms with Gasteiger partial charge in [-0.1, -0.05) is 6.07 Å². The van der Waals surface area contributed by atoms with Crippen molar-refractivity contribution in [1.82, 2.24) is 19.7 Å². The van der Waals surface area contributed by atoms with Crippen LogP contribution in [-0.4, -0.2) is 40.6 Å². The molecule has 5 rings (SSSR count). The molecule has 1 atom stereocenters. The van der Waals surface area contributed by atoms with Gasteiger partial charge in [-0.15, -0.1) is 0 Å². The van der Waals surface area contributed by atoms with Gasteiger partial charge in [0.15, 0.2) is 0 Å². The monoisotopic (exact) mass is 335 g/mol. The fraction of sp³-hybridized carbons (Fsp3) is 0.368. The minimum Gasteiger partial charge on any atom is -0.495 e. The van der Waals surface area contributed by atoms with Gasteiger partial charge in [-0.2, -0.15) is 0 Å². The summed E-state index contributed by atoms with van der Waals surface area (Å²) in [6.45, 7) is 2.14. The van der Waals surface area contributed by atoms with Crippen LogP contribution in [0.5, 0.6) is 5.75 Å². The Kier molecular flexibility index (Phi) is 3.21. The number of imidazole rings is 1. The van der Waals surface area contributed by atoms with Gasteiger partial charge in [0.25, 0.3) is 0 Å². The van der Waals surface area contributed by atoms with E-state index < -0.39 is 0 Å². The summed E-state index contributed by atoms with van der Waals surface area (Å²) in [5.74, 6) is 1.73. The molecule has 1 aliphatic heterocycles. The van der Waals surface area contributed by atoms with Crippen LogP contribution in [0.25, 0.3) is 17.0 Å². The van der Waals surface area contributed by atoms with Crippen LogP contribution in [-0.2, 0) is 0 Å². The van der Waals surface area contributed by atoms with Crippen LogP contribution >= 0.6 is 0 Å². The first-order valence-corrected chi connectivity index (χ1v) is 8.73. The Morgan fingerprint density at radius 2 is 2.20 bits per heavy atom. The number of hydrogen-bond acceptors (Lipinski definition) is 5. The summed E-state index contributed by atoms with van der Waals surface area (Å²) in [5, 5.41) is 7.14. The molecule has 25 heavy (non-hydrogen) atoms. The van der Waals surface area contributed by atoms with Crippen molar-refractivity contribution < 1.29 is 4.74 Å². The predicted octanol–water partition coefficient (Wildman–Crippen LogP) is 2.57. The van der Waals surface area contributed by atoms with Crippen molar-refractivity contribution in [3.8, 4) is 17.1 Å². The van der Waals surface area contributed by atoms with Gasteiger partial charge in [0.1, 0.15) is 17.2 Å². The molecule has 2 N–H and O–H groups in total. The second-order valence-corrected chi connectivity index (χ2v) is 7.04. The van der Waals surface area contributed by atoms with Crippen LogP contribution in [0.1, 0.15) is 12.8 Å². The zero-order valence-electron chi connectivity index (χ0n) is 14.2. The lowest BCUT2D eigenvalue weighted by Gasteiger charge is -2.19. The number of nitrogens with zero attached hydrogens (tertiary/aromatic N) is 3. The maximum atomic E-state index is 5.34. The van der Waals surface area contributed by atoms with Gasteiger partial charge in [0, 0.05) is 24.5 Å². The van der Waals surface area contributed by atoms with Gasteiger partial charge in [-0.25, -0.2) is 9.97 Å². The molecular formula is C19H21N5O. The molecule has 3 aromatic heterocycles. The first-order chi connectivity index (χ1) is 12.3. The number of pyridine rings is 2. The molecule has 1 saturated heterocycles. The Morgan fingerprint density at radius 3 is 3.04 bits per heavy atom. The molecule has 6 heteroatoms. The van der Waals surface area contributed by atoms with Crippen LogP contribution < -0.4 is 15.4 Å². The number of nitrogens with one attached hydrogen (secondary N) is 2. The highest BCUT2D eigenvalue weighted by atomic mass is 16.5. The van der Waals surface area contributed by atoms with E-state index in [1.165, 1.54) is 12.8 Å². The largest absolute Gasteiger partial charge is 0.495 e. The molecule has 4 heterocycles. The van der Waals surface area contributed by atoms with Crippen LogP contribution in [0.15, 0.2) is 42.7 Å². The molecular weight excluding hydrogens is 314 g/mol. The molecule has 0 unspecified atom stereocenters. The molecule has 1 aliphatic carbocycles. The van der Waals surface area contributed by atoms with Gasteiger partial charge < -0.3 is 15.4 Å². The summed E-state index contributed by atoms with van der Waals surface area (Å²) in [6, 6.07) is 10.4. The van der Waals surface area contributed by atoms with Gasteiger partial charge in [-0.05, 0) is 37.1 Å². The van der Waals surface area contributed by atoms with Crippen molar-refractivity contribution in [2.24, 2.45) is 5.41 Å². The van der Waals surface area contributed by atoms with E-state index in [0.717, 1.165) is 41.7 Å². The van der Waals surface area contributed by atoms with Gasteiger partial charge in [-0.3, -0.25) is 4.40 Å². The standard InChI is InChI=1S/C19H21N5O/c1-25-13-5-6-18-21-9-15(24(18)11-13)14-3-2-4-17(22-14)23-16-10-20-12-19(16)7-8-19/h2-6,9,11,16,20H,7-8,10,12H2,1H3,(H,22,23)/t16-/m0/s1. The lowest BCUT2D eigenvalue weighted by atomic mass is 10.0. The van der Waals surface area contributed by atoms with E-state index in [4.69, 9.17) is 9.72 Å². The smallest absolute Gasteiger partial charge is 0.137 e. The zero-order chi connectivity index (χ0) is 16.9. The molecule has 3 aromatic rings. The normalized spacial score (nSPS) is 20.9. The summed E-state index contributed by atoms with van der Waals surface area (Å²) in [5.41, 5.74) is 3.20. The van der Waals surface area contributed by atoms with E-state index in [2.05, 4.69) is 15.6 Å². The molecule has 1 spiro atoms. The highest BCUT2D eigenvalue weighted by Crippen LogP contribution is 2.51. The maximum Gasteiger partial charge on any atom is 0.137 e. The number of ether oxygens (including phenoxy) is 1. The fourth-order valence-corrected chi connectivity index (χ4v) is 3.80. The topological polar surface area (TPSA) is 63.5 Å². The van der Waals surface area contributed by atoms with Crippen molar-refractivity contribution in [2.45, 2.75) is 18.9 Å². The van der Waals surface area contributed by atoms with Gasteiger partial charge in [0.05, 0.1) is 30.9 Å². The lowest BCUT2D eigenvalue weighted by Crippen LogP contribution is -2.29. The third kappa shape index (κ3) is 2.44. The number of methoxy groups -OCH3 is 1. The zero-order valence-corrected chi connectivity index (χ0v) is 14.2. The van der Waals surface area contributed by atoms with Crippen molar-refractivity contribution in [1.29, 1.82) is 0 Å². The summed E-state index contributed by atoms with van der Waals surface area (Å²) < 4.78 is 7.35. The molecule has 0 bridgehead atoms. The number of rotatable bonds is 4. The quantitative estimate of drug-likeness (QED) is 0.767. The molecule has 1 saturated carbocycles. The van der Waals surface area contributed by atoms with Crippen molar-refractivity contribution >= 4 is 11.5 Å². The van der Waals surface area contributed by atoms with Gasteiger partial charge >= 0.3 is 0 Å². The van der Waals surface area contributed by atoms with Crippen LogP contribution in [0, 0.1) is 5.41 Å². The van der Waals surface area contributed by atoms with Crippen molar-refractivity contribution in [3.05, 3.63) is 42.7 Å². The fourth-order valence-electron chi connectivity index (χ4n) is 3.80. The molecule has 0 amide bonds.